The normalized spacial score (nSPS) is 12.3. The number of thiophene rings is 1. The van der Waals surface area contributed by atoms with E-state index >= 15 is 0 Å². The van der Waals surface area contributed by atoms with Crippen LogP contribution in [0.25, 0.3) is 0 Å². The Kier molecular flexibility index (Phi) is 4.29. The van der Waals surface area contributed by atoms with Crippen LogP contribution < -0.4 is 5.32 Å². The van der Waals surface area contributed by atoms with Gasteiger partial charge >= 0.3 is 5.97 Å². The van der Waals surface area contributed by atoms with Crippen molar-refractivity contribution in [3.63, 3.8) is 0 Å². The fourth-order valence-electron chi connectivity index (χ4n) is 1.78. The third kappa shape index (κ3) is 3.39. The molecule has 100 valence electrons. The highest BCUT2D eigenvalue weighted by atomic mass is 32.1. The first-order valence-electron chi connectivity index (χ1n) is 5.86. The molecule has 0 aliphatic carbocycles. The molecule has 5 heteroatoms. The summed E-state index contributed by atoms with van der Waals surface area (Å²) in [5.41, 5.74) is 0.901. The monoisotopic (exact) mass is 279 g/mol. The summed E-state index contributed by atoms with van der Waals surface area (Å²) in [5.74, 6) is -1.16. The Morgan fingerprint density at radius 3 is 2.84 bits per heavy atom. The van der Waals surface area contributed by atoms with E-state index in [1.807, 2.05) is 6.92 Å². The molecule has 0 radical (unpaired) electrons. The molecule has 0 aliphatic heterocycles. The van der Waals surface area contributed by atoms with Crippen molar-refractivity contribution in [1.82, 2.24) is 5.32 Å². The molecule has 0 amide bonds. The smallest absolute Gasteiger partial charge is 0.336 e. The number of carbonyl (C=O) groups is 1. The summed E-state index contributed by atoms with van der Waals surface area (Å²) in [4.78, 5) is 11.7. The number of carboxylic acids is 1. The van der Waals surface area contributed by atoms with E-state index in [4.69, 9.17) is 5.11 Å². The van der Waals surface area contributed by atoms with Gasteiger partial charge in [-0.25, -0.2) is 9.18 Å². The van der Waals surface area contributed by atoms with Gasteiger partial charge in [-0.15, -0.1) is 11.3 Å². The van der Waals surface area contributed by atoms with E-state index < -0.39 is 5.97 Å². The predicted molar refractivity (Wildman–Crippen MR) is 72.9 cm³/mol. The van der Waals surface area contributed by atoms with Crippen molar-refractivity contribution < 1.29 is 14.3 Å². The molecular weight excluding hydrogens is 265 g/mol. The number of benzene rings is 1. The average Bonchev–Trinajstić information content (AvgIpc) is 2.85. The standard InChI is InChI=1S/C14H14FNO2S/c1-9(12-4-2-3-5-13(12)15)16-7-11-6-10(8-19-11)14(17)18/h2-6,8-9,16H,7H2,1H3,(H,17,18). The lowest BCUT2D eigenvalue weighted by molar-refractivity contribution is 0.0697. The molecule has 1 unspecified atom stereocenters. The molecule has 3 nitrogen and oxygen atoms in total. The lowest BCUT2D eigenvalue weighted by atomic mass is 10.1. The number of aromatic carboxylic acids is 1. The number of nitrogens with one attached hydrogen (secondary N) is 1. The summed E-state index contributed by atoms with van der Waals surface area (Å²) < 4.78 is 13.6. The summed E-state index contributed by atoms with van der Waals surface area (Å²) in [6, 6.07) is 8.13. The van der Waals surface area contributed by atoms with Gasteiger partial charge in [-0.3, -0.25) is 0 Å². The Labute approximate surface area is 114 Å². The Hall–Kier alpha value is -1.72. The average molecular weight is 279 g/mol. The fraction of sp³-hybridized carbons (Fsp3) is 0.214. The molecule has 2 aromatic rings. The van der Waals surface area contributed by atoms with Crippen LogP contribution in [0.1, 0.15) is 33.8 Å². The maximum atomic E-state index is 13.6. The van der Waals surface area contributed by atoms with E-state index in [9.17, 15) is 9.18 Å². The van der Waals surface area contributed by atoms with Gasteiger partial charge < -0.3 is 10.4 Å². The number of hydrogen-bond donors (Lipinski definition) is 2. The zero-order valence-electron chi connectivity index (χ0n) is 10.4. The third-order valence-electron chi connectivity index (χ3n) is 2.85. The quantitative estimate of drug-likeness (QED) is 0.881. The summed E-state index contributed by atoms with van der Waals surface area (Å²) in [6.45, 7) is 2.40. The van der Waals surface area contributed by atoms with E-state index in [1.165, 1.54) is 17.4 Å². The molecule has 19 heavy (non-hydrogen) atoms. The van der Waals surface area contributed by atoms with Gasteiger partial charge in [0.05, 0.1) is 5.56 Å². The van der Waals surface area contributed by atoms with Gasteiger partial charge in [-0.05, 0) is 19.1 Å². The Bertz CT molecular complexity index is 582. The number of hydrogen-bond acceptors (Lipinski definition) is 3. The van der Waals surface area contributed by atoms with Crippen LogP contribution in [0.5, 0.6) is 0 Å². The molecule has 0 aliphatic rings. The molecule has 0 bridgehead atoms. The van der Waals surface area contributed by atoms with Gasteiger partial charge in [-0.1, -0.05) is 18.2 Å². The topological polar surface area (TPSA) is 49.3 Å². The molecule has 1 aromatic heterocycles. The summed E-state index contributed by atoms with van der Waals surface area (Å²) in [5, 5.41) is 13.6. The molecule has 1 heterocycles. The van der Waals surface area contributed by atoms with Crippen LogP contribution in [0.4, 0.5) is 4.39 Å². The molecular formula is C14H14FNO2S. The second kappa shape index (κ2) is 5.95. The molecule has 1 atom stereocenters. The molecule has 0 saturated carbocycles. The zero-order valence-corrected chi connectivity index (χ0v) is 11.2. The molecule has 2 rings (SSSR count). The number of rotatable bonds is 5. The van der Waals surface area contributed by atoms with Crippen LogP contribution in [0.2, 0.25) is 0 Å². The number of carboxylic acid groups (broad SMARTS) is 1. The first-order valence-corrected chi connectivity index (χ1v) is 6.74. The molecule has 0 spiro atoms. The van der Waals surface area contributed by atoms with E-state index in [-0.39, 0.29) is 11.9 Å². The van der Waals surface area contributed by atoms with Crippen LogP contribution >= 0.6 is 11.3 Å². The van der Waals surface area contributed by atoms with Gasteiger partial charge in [0.25, 0.3) is 0 Å². The minimum atomic E-state index is -0.926. The van der Waals surface area contributed by atoms with Gasteiger partial charge in [0.15, 0.2) is 0 Å². The van der Waals surface area contributed by atoms with Crippen molar-refractivity contribution >= 4 is 17.3 Å². The van der Waals surface area contributed by atoms with Crippen LogP contribution in [-0.2, 0) is 6.54 Å². The highest BCUT2D eigenvalue weighted by molar-refractivity contribution is 7.10. The number of halogens is 1. The van der Waals surface area contributed by atoms with Crippen LogP contribution in [0.15, 0.2) is 35.7 Å². The minimum absolute atomic E-state index is 0.128. The summed E-state index contributed by atoms with van der Waals surface area (Å²) in [7, 11) is 0. The Morgan fingerprint density at radius 1 is 1.47 bits per heavy atom. The first-order chi connectivity index (χ1) is 9.08. The SMILES string of the molecule is CC(NCc1cc(C(=O)O)cs1)c1ccccc1F. The van der Waals surface area contributed by atoms with Crippen molar-refractivity contribution in [3.05, 3.63) is 57.5 Å². The second-order valence-electron chi connectivity index (χ2n) is 4.23. The third-order valence-corrected chi connectivity index (χ3v) is 3.79. The van der Waals surface area contributed by atoms with Gasteiger partial charge in [0, 0.05) is 28.4 Å². The van der Waals surface area contributed by atoms with E-state index in [2.05, 4.69) is 5.32 Å². The first kappa shape index (κ1) is 13.7. The van der Waals surface area contributed by atoms with Gasteiger partial charge in [0.1, 0.15) is 5.82 Å². The maximum Gasteiger partial charge on any atom is 0.336 e. The van der Waals surface area contributed by atoms with Crippen molar-refractivity contribution in [3.8, 4) is 0 Å². The van der Waals surface area contributed by atoms with Crippen LogP contribution in [0, 0.1) is 5.82 Å². The Balaban J connectivity index is 1.98. The largest absolute Gasteiger partial charge is 0.478 e. The lowest BCUT2D eigenvalue weighted by Gasteiger charge is -2.14. The Morgan fingerprint density at radius 2 is 2.21 bits per heavy atom. The summed E-state index contributed by atoms with van der Waals surface area (Å²) in [6.07, 6.45) is 0. The van der Waals surface area contributed by atoms with Crippen molar-refractivity contribution in [2.24, 2.45) is 0 Å². The van der Waals surface area contributed by atoms with E-state index in [0.29, 0.717) is 17.7 Å². The zero-order chi connectivity index (χ0) is 13.8. The summed E-state index contributed by atoms with van der Waals surface area (Å²) >= 11 is 1.38. The van der Waals surface area contributed by atoms with Gasteiger partial charge in [-0.2, -0.15) is 0 Å². The van der Waals surface area contributed by atoms with Crippen LogP contribution in [0.3, 0.4) is 0 Å². The minimum Gasteiger partial charge on any atom is -0.478 e. The predicted octanol–water partition coefficient (Wildman–Crippen LogP) is 3.44. The molecule has 2 N–H and O–H groups in total. The van der Waals surface area contributed by atoms with E-state index in [1.54, 1.807) is 29.6 Å². The second-order valence-corrected chi connectivity index (χ2v) is 5.23. The maximum absolute atomic E-state index is 13.6. The highest BCUT2D eigenvalue weighted by Crippen LogP contribution is 2.19. The van der Waals surface area contributed by atoms with Crippen LogP contribution in [-0.4, -0.2) is 11.1 Å². The fourth-order valence-corrected chi connectivity index (χ4v) is 2.58. The van der Waals surface area contributed by atoms with E-state index in [0.717, 1.165) is 4.88 Å². The van der Waals surface area contributed by atoms with Crippen molar-refractivity contribution in [2.75, 3.05) is 0 Å². The lowest BCUT2D eigenvalue weighted by Crippen LogP contribution is -2.18. The van der Waals surface area contributed by atoms with Crippen molar-refractivity contribution in [1.29, 1.82) is 0 Å². The molecule has 1 aromatic carbocycles. The van der Waals surface area contributed by atoms with Crippen molar-refractivity contribution in [2.45, 2.75) is 19.5 Å². The highest BCUT2D eigenvalue weighted by Gasteiger charge is 2.11. The van der Waals surface area contributed by atoms with Gasteiger partial charge in [0.2, 0.25) is 0 Å². The molecule has 0 saturated heterocycles. The molecule has 0 fully saturated rings.